The standard InChI is InChI=1S/C16H22N6O/c1-10(2)15-19-18-13-9-21(6-7-22(13)15)16(23)12-8-17-20(3)14(12)11-4-5-11/h8,10-11H,4-7,9H2,1-3H3. The van der Waals surface area contributed by atoms with E-state index < -0.39 is 0 Å². The van der Waals surface area contributed by atoms with Crippen LogP contribution in [0, 0.1) is 0 Å². The number of carbonyl (C=O) groups excluding carboxylic acids is 1. The Kier molecular flexibility index (Phi) is 3.25. The minimum Gasteiger partial charge on any atom is -0.329 e. The van der Waals surface area contributed by atoms with Crippen LogP contribution in [-0.4, -0.2) is 41.9 Å². The van der Waals surface area contributed by atoms with Crippen LogP contribution in [0.4, 0.5) is 0 Å². The minimum atomic E-state index is 0.0698. The van der Waals surface area contributed by atoms with Crippen molar-refractivity contribution in [3.05, 3.63) is 29.1 Å². The van der Waals surface area contributed by atoms with Gasteiger partial charge < -0.3 is 9.47 Å². The Morgan fingerprint density at radius 1 is 1.26 bits per heavy atom. The summed E-state index contributed by atoms with van der Waals surface area (Å²) < 4.78 is 4.01. The number of fused-ring (bicyclic) bond motifs is 1. The van der Waals surface area contributed by atoms with E-state index in [4.69, 9.17) is 0 Å². The minimum absolute atomic E-state index is 0.0698. The fourth-order valence-corrected chi connectivity index (χ4v) is 3.40. The molecule has 1 aliphatic heterocycles. The van der Waals surface area contributed by atoms with Gasteiger partial charge in [-0.05, 0) is 12.8 Å². The van der Waals surface area contributed by atoms with Crippen molar-refractivity contribution in [2.24, 2.45) is 7.05 Å². The highest BCUT2D eigenvalue weighted by Crippen LogP contribution is 2.41. The molecule has 0 N–H and O–H groups in total. The van der Waals surface area contributed by atoms with Crippen LogP contribution in [0.3, 0.4) is 0 Å². The molecule has 7 nitrogen and oxygen atoms in total. The molecule has 0 spiro atoms. The Balaban J connectivity index is 1.59. The summed E-state index contributed by atoms with van der Waals surface area (Å²) in [6.45, 7) is 6.22. The molecule has 122 valence electrons. The average Bonchev–Trinajstić information content (AvgIpc) is 3.15. The zero-order valence-corrected chi connectivity index (χ0v) is 13.9. The number of hydrogen-bond donors (Lipinski definition) is 0. The van der Waals surface area contributed by atoms with E-state index in [1.54, 1.807) is 6.20 Å². The van der Waals surface area contributed by atoms with Crippen LogP contribution < -0.4 is 0 Å². The average molecular weight is 314 g/mol. The SMILES string of the molecule is CC(C)c1nnc2n1CCN(C(=O)c1cnn(C)c1C1CC1)C2. The largest absolute Gasteiger partial charge is 0.329 e. The van der Waals surface area contributed by atoms with Crippen LogP contribution in [0.1, 0.15) is 66.2 Å². The third kappa shape index (κ3) is 2.34. The van der Waals surface area contributed by atoms with Gasteiger partial charge in [0, 0.05) is 32.0 Å². The van der Waals surface area contributed by atoms with Crippen molar-refractivity contribution < 1.29 is 4.79 Å². The summed E-state index contributed by atoms with van der Waals surface area (Å²) in [5.74, 6) is 2.80. The number of hydrogen-bond acceptors (Lipinski definition) is 4. The second-order valence-electron chi connectivity index (χ2n) is 6.85. The van der Waals surface area contributed by atoms with Gasteiger partial charge in [-0.25, -0.2) is 0 Å². The molecule has 1 saturated carbocycles. The van der Waals surface area contributed by atoms with Crippen LogP contribution in [0.2, 0.25) is 0 Å². The molecule has 1 fully saturated rings. The summed E-state index contributed by atoms with van der Waals surface area (Å²) >= 11 is 0. The van der Waals surface area contributed by atoms with Crippen molar-refractivity contribution >= 4 is 5.91 Å². The molecule has 7 heteroatoms. The van der Waals surface area contributed by atoms with Crippen LogP contribution in [-0.2, 0) is 20.1 Å². The number of rotatable bonds is 3. The molecule has 3 heterocycles. The van der Waals surface area contributed by atoms with Crippen LogP contribution in [0.15, 0.2) is 6.20 Å². The molecule has 0 aromatic carbocycles. The highest BCUT2D eigenvalue weighted by atomic mass is 16.2. The van der Waals surface area contributed by atoms with E-state index in [2.05, 4.69) is 33.7 Å². The second-order valence-corrected chi connectivity index (χ2v) is 6.85. The smallest absolute Gasteiger partial charge is 0.257 e. The van der Waals surface area contributed by atoms with Crippen LogP contribution in [0.25, 0.3) is 0 Å². The number of aromatic nitrogens is 5. The maximum Gasteiger partial charge on any atom is 0.257 e. The molecule has 0 unspecified atom stereocenters. The summed E-state index contributed by atoms with van der Waals surface area (Å²) in [7, 11) is 1.92. The highest BCUT2D eigenvalue weighted by molar-refractivity contribution is 5.95. The third-order valence-corrected chi connectivity index (χ3v) is 4.76. The molecule has 0 atom stereocenters. The first kappa shape index (κ1) is 14.4. The fraction of sp³-hybridized carbons (Fsp3) is 0.625. The van der Waals surface area contributed by atoms with Crippen molar-refractivity contribution in [2.75, 3.05) is 6.54 Å². The lowest BCUT2D eigenvalue weighted by Crippen LogP contribution is -2.39. The summed E-state index contributed by atoms with van der Waals surface area (Å²) in [6.07, 6.45) is 4.03. The number of amides is 1. The van der Waals surface area contributed by atoms with Gasteiger partial charge in [-0.15, -0.1) is 10.2 Å². The molecule has 0 radical (unpaired) electrons. The van der Waals surface area contributed by atoms with E-state index in [-0.39, 0.29) is 5.91 Å². The lowest BCUT2D eigenvalue weighted by molar-refractivity contribution is 0.0705. The molecule has 0 saturated heterocycles. The van der Waals surface area contributed by atoms with E-state index in [0.717, 1.165) is 42.3 Å². The highest BCUT2D eigenvalue weighted by Gasteiger charge is 2.34. The number of aryl methyl sites for hydroxylation is 1. The quantitative estimate of drug-likeness (QED) is 0.864. The van der Waals surface area contributed by atoms with Crippen LogP contribution in [0.5, 0.6) is 0 Å². The third-order valence-electron chi connectivity index (χ3n) is 4.76. The topological polar surface area (TPSA) is 68.8 Å². The zero-order chi connectivity index (χ0) is 16.1. The van der Waals surface area contributed by atoms with Crippen molar-refractivity contribution in [2.45, 2.75) is 51.6 Å². The predicted molar refractivity (Wildman–Crippen MR) is 84.0 cm³/mol. The molecular weight excluding hydrogens is 292 g/mol. The number of nitrogens with zero attached hydrogens (tertiary/aromatic N) is 6. The van der Waals surface area contributed by atoms with E-state index in [0.29, 0.717) is 24.9 Å². The first-order chi connectivity index (χ1) is 11.1. The maximum atomic E-state index is 12.9. The predicted octanol–water partition coefficient (Wildman–Crippen LogP) is 1.67. The Bertz CT molecular complexity index is 755. The fourth-order valence-electron chi connectivity index (χ4n) is 3.40. The Morgan fingerprint density at radius 3 is 2.74 bits per heavy atom. The van der Waals surface area contributed by atoms with Crippen molar-refractivity contribution in [1.82, 2.24) is 29.4 Å². The van der Waals surface area contributed by atoms with E-state index in [9.17, 15) is 4.79 Å². The van der Waals surface area contributed by atoms with Gasteiger partial charge in [-0.1, -0.05) is 13.8 Å². The summed E-state index contributed by atoms with van der Waals surface area (Å²) in [5, 5.41) is 12.9. The summed E-state index contributed by atoms with van der Waals surface area (Å²) in [4.78, 5) is 14.8. The molecular formula is C16H22N6O. The molecule has 2 aromatic heterocycles. The molecule has 4 rings (SSSR count). The molecule has 2 aromatic rings. The Hall–Kier alpha value is -2.18. The van der Waals surface area contributed by atoms with Gasteiger partial charge in [-0.2, -0.15) is 5.10 Å². The summed E-state index contributed by atoms with van der Waals surface area (Å²) in [6, 6.07) is 0. The van der Waals surface area contributed by atoms with Gasteiger partial charge in [0.2, 0.25) is 0 Å². The van der Waals surface area contributed by atoms with Crippen molar-refractivity contribution in [1.29, 1.82) is 0 Å². The van der Waals surface area contributed by atoms with Gasteiger partial charge in [0.05, 0.1) is 24.0 Å². The van der Waals surface area contributed by atoms with E-state index in [1.807, 2.05) is 16.6 Å². The van der Waals surface area contributed by atoms with Gasteiger partial charge in [0.25, 0.3) is 5.91 Å². The lowest BCUT2D eigenvalue weighted by atomic mass is 10.1. The maximum absolute atomic E-state index is 12.9. The molecule has 0 bridgehead atoms. The number of carbonyl (C=O) groups is 1. The monoisotopic (exact) mass is 314 g/mol. The Labute approximate surface area is 135 Å². The van der Waals surface area contributed by atoms with Crippen LogP contribution >= 0.6 is 0 Å². The molecule has 1 aliphatic carbocycles. The van der Waals surface area contributed by atoms with Crippen molar-refractivity contribution in [3.63, 3.8) is 0 Å². The van der Waals surface area contributed by atoms with Gasteiger partial charge in [0.1, 0.15) is 5.82 Å². The van der Waals surface area contributed by atoms with Gasteiger partial charge >= 0.3 is 0 Å². The summed E-state index contributed by atoms with van der Waals surface area (Å²) in [5.41, 5.74) is 1.84. The second kappa shape index (κ2) is 5.18. The van der Waals surface area contributed by atoms with E-state index in [1.165, 1.54) is 0 Å². The first-order valence-electron chi connectivity index (χ1n) is 8.29. The zero-order valence-electron chi connectivity index (χ0n) is 13.9. The van der Waals surface area contributed by atoms with E-state index >= 15 is 0 Å². The molecule has 23 heavy (non-hydrogen) atoms. The lowest BCUT2D eigenvalue weighted by Gasteiger charge is -2.28. The van der Waals surface area contributed by atoms with Gasteiger partial charge in [-0.3, -0.25) is 9.48 Å². The molecule has 2 aliphatic rings. The Morgan fingerprint density at radius 2 is 2.04 bits per heavy atom. The normalized spacial score (nSPS) is 17.7. The first-order valence-corrected chi connectivity index (χ1v) is 8.29. The van der Waals surface area contributed by atoms with Gasteiger partial charge in [0.15, 0.2) is 5.82 Å². The van der Waals surface area contributed by atoms with Crippen molar-refractivity contribution in [3.8, 4) is 0 Å². The molecule has 1 amide bonds.